The lowest BCUT2D eigenvalue weighted by Gasteiger charge is -2.15. The fraction of sp³-hybridized carbons (Fsp3) is 0.294. The van der Waals surface area contributed by atoms with Gasteiger partial charge in [0.05, 0.1) is 24.2 Å². The van der Waals surface area contributed by atoms with Crippen molar-refractivity contribution >= 4 is 17.1 Å². The monoisotopic (exact) mass is 338 g/mol. The Bertz CT molecular complexity index is 1010. The predicted octanol–water partition coefficient (Wildman–Crippen LogP) is 0.736. The number of aromatic nitrogens is 4. The maximum absolute atomic E-state index is 12.6. The fourth-order valence-electron chi connectivity index (χ4n) is 3.20. The summed E-state index contributed by atoms with van der Waals surface area (Å²) in [5.41, 5.74) is 2.16. The molecular formula is C17H18N6O2. The van der Waals surface area contributed by atoms with Crippen molar-refractivity contribution in [3.05, 3.63) is 58.8 Å². The van der Waals surface area contributed by atoms with E-state index in [4.69, 9.17) is 0 Å². The second-order valence-corrected chi connectivity index (χ2v) is 6.05. The molecule has 4 heterocycles. The molecule has 0 spiro atoms. The zero-order valence-electron chi connectivity index (χ0n) is 13.8. The highest BCUT2D eigenvalue weighted by Crippen LogP contribution is 2.23. The molecule has 3 aromatic heterocycles. The number of rotatable bonds is 4. The average molecular weight is 338 g/mol. The average Bonchev–Trinajstić information content (AvgIpc) is 3.26. The molecule has 0 radical (unpaired) electrons. The van der Waals surface area contributed by atoms with Crippen LogP contribution < -0.4 is 16.2 Å². The Morgan fingerprint density at radius 2 is 2.24 bits per heavy atom. The Morgan fingerprint density at radius 3 is 3.08 bits per heavy atom. The van der Waals surface area contributed by atoms with Crippen LogP contribution in [0.15, 0.2) is 41.8 Å². The van der Waals surface area contributed by atoms with E-state index in [2.05, 4.69) is 20.6 Å². The summed E-state index contributed by atoms with van der Waals surface area (Å²) in [6.07, 6.45) is 8.15. The SMILES string of the molecule is CNc1cnc2n(c1=O)C(C(=O)NCc1ccc3cncn3c1)CC2. The number of carbonyl (C=O) groups excluding carboxylic acids is 1. The van der Waals surface area contributed by atoms with E-state index in [1.165, 1.54) is 10.8 Å². The minimum atomic E-state index is -0.514. The molecular weight excluding hydrogens is 320 g/mol. The van der Waals surface area contributed by atoms with Crippen LogP contribution in [0.5, 0.6) is 0 Å². The van der Waals surface area contributed by atoms with Gasteiger partial charge in [0.25, 0.3) is 5.56 Å². The van der Waals surface area contributed by atoms with Crippen LogP contribution in [0, 0.1) is 0 Å². The van der Waals surface area contributed by atoms with Crippen LogP contribution in [-0.2, 0) is 17.8 Å². The van der Waals surface area contributed by atoms with Gasteiger partial charge >= 0.3 is 0 Å². The number of hydrogen-bond acceptors (Lipinski definition) is 5. The Balaban J connectivity index is 1.52. The Hall–Kier alpha value is -3.16. The standard InChI is InChI=1S/C17H18N6O2/c1-18-13-8-20-15-5-4-14(23(15)17(13)25)16(24)21-6-11-2-3-12-7-19-10-22(12)9-11/h2-3,7-10,14,18H,4-6H2,1H3,(H,21,24). The smallest absolute Gasteiger partial charge is 0.277 e. The van der Waals surface area contributed by atoms with Gasteiger partial charge in [0.2, 0.25) is 5.91 Å². The number of anilines is 1. The van der Waals surface area contributed by atoms with E-state index in [-0.39, 0.29) is 11.5 Å². The van der Waals surface area contributed by atoms with Crippen LogP contribution in [-0.4, -0.2) is 31.9 Å². The highest BCUT2D eigenvalue weighted by atomic mass is 16.2. The van der Waals surface area contributed by atoms with Crippen molar-refractivity contribution in [1.82, 2.24) is 24.3 Å². The summed E-state index contributed by atoms with van der Waals surface area (Å²) in [6, 6.07) is 3.39. The van der Waals surface area contributed by atoms with E-state index in [1.807, 2.05) is 22.7 Å². The predicted molar refractivity (Wildman–Crippen MR) is 92.4 cm³/mol. The first kappa shape index (κ1) is 15.4. The van der Waals surface area contributed by atoms with Gasteiger partial charge in [-0.15, -0.1) is 0 Å². The summed E-state index contributed by atoms with van der Waals surface area (Å²) in [6.45, 7) is 0.396. The molecule has 8 heteroatoms. The first-order chi connectivity index (χ1) is 12.2. The second kappa shape index (κ2) is 6.04. The molecule has 0 aromatic carbocycles. The Kier molecular flexibility index (Phi) is 3.72. The minimum Gasteiger partial charge on any atom is -0.382 e. The quantitative estimate of drug-likeness (QED) is 0.732. The van der Waals surface area contributed by atoms with Crippen molar-refractivity contribution in [2.24, 2.45) is 0 Å². The lowest BCUT2D eigenvalue weighted by Crippen LogP contribution is -2.36. The van der Waals surface area contributed by atoms with Gasteiger partial charge in [0, 0.05) is 26.2 Å². The number of pyridine rings is 1. The Morgan fingerprint density at radius 1 is 1.36 bits per heavy atom. The first-order valence-electron chi connectivity index (χ1n) is 8.14. The van der Waals surface area contributed by atoms with Gasteiger partial charge in [-0.1, -0.05) is 6.07 Å². The van der Waals surface area contributed by atoms with Crippen LogP contribution >= 0.6 is 0 Å². The molecule has 1 aliphatic heterocycles. The number of carbonyl (C=O) groups is 1. The first-order valence-corrected chi connectivity index (χ1v) is 8.14. The van der Waals surface area contributed by atoms with Crippen molar-refractivity contribution < 1.29 is 4.79 Å². The van der Waals surface area contributed by atoms with E-state index in [9.17, 15) is 9.59 Å². The largest absolute Gasteiger partial charge is 0.382 e. The van der Waals surface area contributed by atoms with Crippen LogP contribution in [0.1, 0.15) is 23.9 Å². The van der Waals surface area contributed by atoms with Gasteiger partial charge in [0.15, 0.2) is 0 Å². The van der Waals surface area contributed by atoms with Crippen LogP contribution in [0.4, 0.5) is 5.69 Å². The van der Waals surface area contributed by atoms with Crippen LogP contribution in [0.25, 0.3) is 5.52 Å². The van der Waals surface area contributed by atoms with E-state index >= 15 is 0 Å². The van der Waals surface area contributed by atoms with Gasteiger partial charge < -0.3 is 15.0 Å². The van der Waals surface area contributed by atoms with Crippen molar-refractivity contribution in [3.63, 3.8) is 0 Å². The number of imidazole rings is 1. The van der Waals surface area contributed by atoms with E-state index < -0.39 is 6.04 Å². The zero-order chi connectivity index (χ0) is 17.4. The molecule has 25 heavy (non-hydrogen) atoms. The minimum absolute atomic E-state index is 0.165. The second-order valence-electron chi connectivity index (χ2n) is 6.05. The third-order valence-corrected chi connectivity index (χ3v) is 4.53. The molecule has 0 saturated carbocycles. The molecule has 2 N–H and O–H groups in total. The maximum atomic E-state index is 12.6. The molecule has 128 valence electrons. The summed E-state index contributed by atoms with van der Waals surface area (Å²) in [5, 5.41) is 5.74. The molecule has 0 bridgehead atoms. The molecule has 8 nitrogen and oxygen atoms in total. The van der Waals surface area contributed by atoms with Crippen LogP contribution in [0.3, 0.4) is 0 Å². The summed E-state index contributed by atoms with van der Waals surface area (Å²) in [7, 11) is 1.67. The highest BCUT2D eigenvalue weighted by Gasteiger charge is 2.30. The van der Waals surface area contributed by atoms with Crippen molar-refractivity contribution in [1.29, 1.82) is 0 Å². The topological polar surface area (TPSA) is 93.3 Å². The third-order valence-electron chi connectivity index (χ3n) is 4.53. The Labute approximate surface area is 143 Å². The zero-order valence-corrected chi connectivity index (χ0v) is 13.8. The van der Waals surface area contributed by atoms with Crippen molar-refractivity contribution in [2.75, 3.05) is 12.4 Å². The summed E-state index contributed by atoms with van der Waals surface area (Å²) in [4.78, 5) is 33.4. The fourth-order valence-corrected chi connectivity index (χ4v) is 3.20. The molecule has 0 aliphatic carbocycles. The lowest BCUT2D eigenvalue weighted by molar-refractivity contribution is -0.124. The number of amides is 1. The number of hydrogen-bond donors (Lipinski definition) is 2. The highest BCUT2D eigenvalue weighted by molar-refractivity contribution is 5.80. The van der Waals surface area contributed by atoms with Crippen molar-refractivity contribution in [2.45, 2.75) is 25.4 Å². The molecule has 0 fully saturated rings. The number of nitrogens with zero attached hydrogens (tertiary/aromatic N) is 4. The van der Waals surface area contributed by atoms with Gasteiger partial charge in [-0.25, -0.2) is 9.97 Å². The molecule has 1 amide bonds. The van der Waals surface area contributed by atoms with E-state index in [0.29, 0.717) is 30.9 Å². The summed E-state index contributed by atoms with van der Waals surface area (Å²) >= 11 is 0. The number of aryl methyl sites for hydroxylation is 1. The molecule has 1 unspecified atom stereocenters. The van der Waals surface area contributed by atoms with Crippen molar-refractivity contribution in [3.8, 4) is 0 Å². The van der Waals surface area contributed by atoms with Gasteiger partial charge in [-0.2, -0.15) is 0 Å². The van der Waals surface area contributed by atoms with Gasteiger partial charge in [-0.05, 0) is 18.1 Å². The lowest BCUT2D eigenvalue weighted by atomic mass is 10.2. The van der Waals surface area contributed by atoms with Gasteiger partial charge in [-0.3, -0.25) is 14.2 Å². The summed E-state index contributed by atoms with van der Waals surface area (Å²) < 4.78 is 3.40. The summed E-state index contributed by atoms with van der Waals surface area (Å²) in [5.74, 6) is 0.491. The number of nitrogens with one attached hydrogen (secondary N) is 2. The molecule has 3 aromatic rings. The molecule has 4 rings (SSSR count). The maximum Gasteiger partial charge on any atom is 0.277 e. The van der Waals surface area contributed by atoms with E-state index in [1.54, 1.807) is 19.6 Å². The molecule has 1 atom stereocenters. The molecule has 0 saturated heterocycles. The normalized spacial score (nSPS) is 16.0. The van der Waals surface area contributed by atoms with Crippen LogP contribution in [0.2, 0.25) is 0 Å². The van der Waals surface area contributed by atoms with Gasteiger partial charge in [0.1, 0.15) is 17.6 Å². The van der Waals surface area contributed by atoms with E-state index in [0.717, 1.165) is 11.1 Å². The third kappa shape index (κ3) is 2.65. The number of fused-ring (bicyclic) bond motifs is 2. The molecule has 1 aliphatic rings.